The van der Waals surface area contributed by atoms with Crippen LogP contribution < -0.4 is 4.90 Å². The van der Waals surface area contributed by atoms with Crippen molar-refractivity contribution < 1.29 is 17.2 Å². The summed E-state index contributed by atoms with van der Waals surface area (Å²) in [6.07, 6.45) is 6.77. The Bertz CT molecular complexity index is 1540. The molecule has 0 atom stereocenters. The van der Waals surface area contributed by atoms with Crippen LogP contribution in [0, 0.1) is 11.7 Å². The Morgan fingerprint density at radius 2 is 1.89 bits per heavy atom. The van der Waals surface area contributed by atoms with Crippen molar-refractivity contribution in [3.8, 4) is 16.9 Å². The fourth-order valence-corrected chi connectivity index (χ4v) is 6.51. The molecule has 1 aliphatic heterocycles. The highest BCUT2D eigenvalue weighted by molar-refractivity contribution is 7.90. The zero-order valence-corrected chi connectivity index (χ0v) is 22.2. The van der Waals surface area contributed by atoms with Crippen LogP contribution in [0.25, 0.3) is 16.9 Å². The number of hydrogen-bond donors (Lipinski definition) is 0. The van der Waals surface area contributed by atoms with Gasteiger partial charge in [-0.05, 0) is 48.6 Å². The van der Waals surface area contributed by atoms with E-state index in [1.165, 1.54) is 48.5 Å². The van der Waals surface area contributed by atoms with Crippen LogP contribution in [0.1, 0.15) is 18.4 Å². The van der Waals surface area contributed by atoms with E-state index in [1.54, 1.807) is 6.20 Å². The Labute approximate surface area is 225 Å². The Hall–Kier alpha value is -3.21. The highest BCUT2D eigenvalue weighted by Crippen LogP contribution is 2.32. The normalized spacial score (nSPS) is 16.7. The van der Waals surface area contributed by atoms with E-state index >= 15 is 0 Å². The molecule has 38 heavy (non-hydrogen) atoms. The minimum Gasteiger partial charge on any atom is -0.471 e. The molecule has 198 valence electrons. The summed E-state index contributed by atoms with van der Waals surface area (Å²) < 4.78 is 46.5. The molecule has 2 fully saturated rings. The van der Waals surface area contributed by atoms with Gasteiger partial charge in [0.2, 0.25) is 0 Å². The number of benzene rings is 2. The molecule has 0 unspecified atom stereocenters. The molecule has 11 heteroatoms. The summed E-state index contributed by atoms with van der Waals surface area (Å²) in [5.41, 5.74) is 2.73. The number of anilines is 1. The van der Waals surface area contributed by atoms with Crippen LogP contribution >= 0.6 is 11.6 Å². The molecule has 4 aromatic rings. The van der Waals surface area contributed by atoms with Crippen molar-refractivity contribution in [1.29, 1.82) is 0 Å². The lowest BCUT2D eigenvalue weighted by molar-refractivity contribution is 0.248. The lowest BCUT2D eigenvalue weighted by Crippen LogP contribution is -2.47. The monoisotopic (exact) mass is 555 g/mol. The molecule has 0 amide bonds. The van der Waals surface area contributed by atoms with Crippen LogP contribution in [0.2, 0.25) is 5.02 Å². The summed E-state index contributed by atoms with van der Waals surface area (Å²) in [6.45, 7) is 5.27. The molecule has 1 saturated heterocycles. The number of piperazine rings is 1. The molecule has 2 aliphatic rings. The molecular formula is C27H27ClFN5O3S. The van der Waals surface area contributed by atoms with Gasteiger partial charge in [-0.15, -0.1) is 5.10 Å². The minimum atomic E-state index is -3.72. The zero-order valence-electron chi connectivity index (χ0n) is 20.6. The second-order valence-corrected chi connectivity index (χ2v) is 12.3. The molecule has 1 saturated carbocycles. The van der Waals surface area contributed by atoms with Crippen molar-refractivity contribution in [2.24, 2.45) is 5.92 Å². The predicted octanol–water partition coefficient (Wildman–Crippen LogP) is 4.83. The first-order valence-electron chi connectivity index (χ1n) is 12.6. The van der Waals surface area contributed by atoms with Gasteiger partial charge >= 0.3 is 0 Å². The average molecular weight is 556 g/mol. The lowest BCUT2D eigenvalue weighted by atomic mass is 10.1. The Kier molecular flexibility index (Phi) is 6.71. The van der Waals surface area contributed by atoms with Crippen molar-refractivity contribution in [3.63, 3.8) is 0 Å². The van der Waals surface area contributed by atoms with Crippen LogP contribution in [0.15, 0.2) is 70.5 Å². The summed E-state index contributed by atoms with van der Waals surface area (Å²) in [5.74, 6) is -0.142. The van der Waals surface area contributed by atoms with Crippen molar-refractivity contribution in [2.45, 2.75) is 23.5 Å². The summed E-state index contributed by atoms with van der Waals surface area (Å²) in [5, 5.41) is 8.34. The van der Waals surface area contributed by atoms with E-state index in [-0.39, 0.29) is 21.2 Å². The van der Waals surface area contributed by atoms with Crippen LogP contribution in [0.5, 0.6) is 0 Å². The first-order valence-corrected chi connectivity index (χ1v) is 14.6. The van der Waals surface area contributed by atoms with Crippen LogP contribution in [-0.4, -0.2) is 61.0 Å². The van der Waals surface area contributed by atoms with Gasteiger partial charge < -0.3 is 9.32 Å². The van der Waals surface area contributed by atoms with E-state index in [4.69, 9.17) is 16.0 Å². The van der Waals surface area contributed by atoms with Gasteiger partial charge in [-0.25, -0.2) is 17.5 Å². The van der Waals surface area contributed by atoms with Gasteiger partial charge in [-0.2, -0.15) is 0 Å². The summed E-state index contributed by atoms with van der Waals surface area (Å²) in [7, 11) is -3.72. The number of aromatic nitrogens is 3. The van der Waals surface area contributed by atoms with Gasteiger partial charge in [-0.1, -0.05) is 35.0 Å². The van der Waals surface area contributed by atoms with Crippen molar-refractivity contribution in [2.75, 3.05) is 37.6 Å². The van der Waals surface area contributed by atoms with E-state index in [9.17, 15) is 12.8 Å². The first kappa shape index (κ1) is 25.1. The second-order valence-electron chi connectivity index (χ2n) is 9.92. The van der Waals surface area contributed by atoms with E-state index < -0.39 is 21.4 Å². The van der Waals surface area contributed by atoms with Crippen molar-refractivity contribution in [3.05, 3.63) is 77.6 Å². The largest absolute Gasteiger partial charge is 0.471 e. The van der Waals surface area contributed by atoms with Gasteiger partial charge in [0.25, 0.3) is 0 Å². The summed E-state index contributed by atoms with van der Waals surface area (Å²) in [4.78, 5) is 4.96. The maximum Gasteiger partial charge on any atom is 0.185 e. The molecule has 0 bridgehead atoms. The Morgan fingerprint density at radius 1 is 1.08 bits per heavy atom. The van der Waals surface area contributed by atoms with Gasteiger partial charge in [0, 0.05) is 44.0 Å². The van der Waals surface area contributed by atoms with E-state index in [1.807, 2.05) is 12.1 Å². The number of sulfone groups is 1. The topological polar surface area (TPSA) is 84.5 Å². The molecule has 3 heterocycles. The number of rotatable bonds is 8. The standard InChI is InChI=1S/C27H27ClFN5O3S/c28-26-21(18-38(35,36)23-8-13-37-17-23)6-7-24(29)27(26)34-16-25(30-31-34)20-2-1-3-22(14-20)33-11-9-32(10-12-33)15-19-4-5-19/h1-3,6-8,13-14,16-17,19H,4-5,9-12,15,18H2. The van der Waals surface area contributed by atoms with Gasteiger partial charge in [0.05, 0.1) is 23.2 Å². The third kappa shape index (κ3) is 5.21. The Morgan fingerprint density at radius 3 is 2.63 bits per heavy atom. The average Bonchev–Trinajstić information content (AvgIpc) is 3.34. The quantitative estimate of drug-likeness (QED) is 0.308. The molecule has 8 nitrogen and oxygen atoms in total. The van der Waals surface area contributed by atoms with E-state index in [2.05, 4.69) is 32.2 Å². The molecule has 0 N–H and O–H groups in total. The van der Waals surface area contributed by atoms with Crippen molar-refractivity contribution >= 4 is 27.1 Å². The lowest BCUT2D eigenvalue weighted by Gasteiger charge is -2.36. The van der Waals surface area contributed by atoms with Crippen LogP contribution in [0.4, 0.5) is 10.1 Å². The SMILES string of the molecule is O=S(=O)(Cc1ccc(F)c(-n2cc(-c3cccc(N4CCN(CC5CC5)CC4)c3)nn2)c1Cl)c1ccoc1. The van der Waals surface area contributed by atoms with E-state index in [0.717, 1.165) is 49.6 Å². The number of halogens is 2. The van der Waals surface area contributed by atoms with Crippen LogP contribution in [0.3, 0.4) is 0 Å². The molecular weight excluding hydrogens is 529 g/mol. The summed E-state index contributed by atoms with van der Waals surface area (Å²) in [6, 6.07) is 12.0. The molecule has 1 aliphatic carbocycles. The number of nitrogens with zero attached hydrogens (tertiary/aromatic N) is 5. The predicted molar refractivity (Wildman–Crippen MR) is 143 cm³/mol. The van der Waals surface area contributed by atoms with E-state index in [0.29, 0.717) is 5.69 Å². The van der Waals surface area contributed by atoms with Gasteiger partial charge in [0.1, 0.15) is 28.4 Å². The molecule has 6 rings (SSSR count). The highest BCUT2D eigenvalue weighted by Gasteiger charge is 2.27. The maximum absolute atomic E-state index is 14.9. The van der Waals surface area contributed by atoms with Gasteiger partial charge in [-0.3, -0.25) is 4.90 Å². The first-order chi connectivity index (χ1) is 18.4. The third-order valence-electron chi connectivity index (χ3n) is 7.16. The number of hydrogen-bond acceptors (Lipinski definition) is 7. The smallest absolute Gasteiger partial charge is 0.185 e. The maximum atomic E-state index is 14.9. The minimum absolute atomic E-state index is 0.0340. The fraction of sp³-hybridized carbons (Fsp3) is 0.333. The fourth-order valence-electron chi connectivity index (χ4n) is 4.84. The van der Waals surface area contributed by atoms with Crippen molar-refractivity contribution in [1.82, 2.24) is 19.9 Å². The Balaban J connectivity index is 1.22. The highest BCUT2D eigenvalue weighted by atomic mass is 35.5. The molecule has 2 aromatic heterocycles. The number of furan rings is 1. The van der Waals surface area contributed by atoms with Crippen LogP contribution in [-0.2, 0) is 15.6 Å². The molecule has 0 radical (unpaired) electrons. The zero-order chi connectivity index (χ0) is 26.3. The third-order valence-corrected chi connectivity index (χ3v) is 9.23. The molecule has 0 spiro atoms. The van der Waals surface area contributed by atoms with Gasteiger partial charge in [0.15, 0.2) is 9.84 Å². The second kappa shape index (κ2) is 10.2. The molecule has 2 aromatic carbocycles. The summed E-state index contributed by atoms with van der Waals surface area (Å²) >= 11 is 6.52.